The first kappa shape index (κ1) is 16.2. The highest BCUT2D eigenvalue weighted by Gasteiger charge is 2.26. The highest BCUT2D eigenvalue weighted by molar-refractivity contribution is 5.95. The Bertz CT molecular complexity index is 516. The van der Waals surface area contributed by atoms with E-state index >= 15 is 0 Å². The molecule has 1 unspecified atom stereocenters. The van der Waals surface area contributed by atoms with Crippen LogP contribution in [-0.4, -0.2) is 42.5 Å². The molecule has 1 aliphatic heterocycles. The van der Waals surface area contributed by atoms with Gasteiger partial charge in [-0.2, -0.15) is 0 Å². The van der Waals surface area contributed by atoms with Gasteiger partial charge in [0.25, 0.3) is 0 Å². The lowest BCUT2D eigenvalue weighted by Gasteiger charge is -2.23. The Kier molecular flexibility index (Phi) is 6.15. The molecular formula is C17H23N3O2. The van der Waals surface area contributed by atoms with Crippen molar-refractivity contribution in [2.45, 2.75) is 25.3 Å². The summed E-state index contributed by atoms with van der Waals surface area (Å²) in [6.07, 6.45) is 4.69. The summed E-state index contributed by atoms with van der Waals surface area (Å²) < 4.78 is 0. The molecule has 1 aromatic rings. The van der Waals surface area contributed by atoms with Gasteiger partial charge in [-0.15, -0.1) is 6.58 Å². The monoisotopic (exact) mass is 301 g/mol. The van der Waals surface area contributed by atoms with Crippen molar-refractivity contribution in [3.05, 3.63) is 48.6 Å². The third-order valence-corrected chi connectivity index (χ3v) is 3.82. The molecule has 1 aliphatic rings. The second-order valence-electron chi connectivity index (χ2n) is 5.50. The Hall–Kier alpha value is -2.14. The zero-order valence-corrected chi connectivity index (χ0v) is 12.8. The van der Waals surface area contributed by atoms with E-state index in [-0.39, 0.29) is 12.5 Å². The summed E-state index contributed by atoms with van der Waals surface area (Å²) in [6.45, 7) is 5.02. The number of carbonyl (C=O) groups is 2. The minimum atomic E-state index is -0.469. The van der Waals surface area contributed by atoms with Crippen molar-refractivity contribution in [2.24, 2.45) is 0 Å². The van der Waals surface area contributed by atoms with Gasteiger partial charge >= 0.3 is 6.03 Å². The predicted molar refractivity (Wildman–Crippen MR) is 86.5 cm³/mol. The normalized spacial score (nSPS) is 17.9. The topological polar surface area (TPSA) is 61.4 Å². The van der Waals surface area contributed by atoms with Gasteiger partial charge in [-0.3, -0.25) is 15.0 Å². The number of nitrogens with zero attached hydrogens (tertiary/aromatic N) is 1. The van der Waals surface area contributed by atoms with E-state index in [9.17, 15) is 9.59 Å². The summed E-state index contributed by atoms with van der Waals surface area (Å²) >= 11 is 0. The SMILES string of the molecule is C=CCNC(=O)NC(=O)CN1CCCC1Cc1ccccc1. The average Bonchev–Trinajstić information content (AvgIpc) is 2.93. The standard InChI is InChI=1S/C17H23N3O2/c1-2-10-18-17(22)19-16(21)13-20-11-6-9-15(20)12-14-7-4-3-5-8-14/h2-5,7-8,15H,1,6,9-13H2,(H2,18,19,21,22). The lowest BCUT2D eigenvalue weighted by molar-refractivity contribution is -0.121. The molecule has 2 N–H and O–H groups in total. The Morgan fingerprint density at radius 2 is 2.09 bits per heavy atom. The number of rotatable bonds is 6. The van der Waals surface area contributed by atoms with Gasteiger partial charge in [0.2, 0.25) is 5.91 Å². The van der Waals surface area contributed by atoms with Crippen LogP contribution in [0.25, 0.3) is 0 Å². The quantitative estimate of drug-likeness (QED) is 0.786. The van der Waals surface area contributed by atoms with Gasteiger partial charge in [0.15, 0.2) is 0 Å². The van der Waals surface area contributed by atoms with E-state index in [1.54, 1.807) is 6.08 Å². The highest BCUT2D eigenvalue weighted by Crippen LogP contribution is 2.20. The summed E-state index contributed by atoms with van der Waals surface area (Å²) in [4.78, 5) is 25.5. The number of nitrogens with one attached hydrogen (secondary N) is 2. The molecule has 22 heavy (non-hydrogen) atoms. The van der Waals surface area contributed by atoms with Crippen molar-refractivity contribution >= 4 is 11.9 Å². The van der Waals surface area contributed by atoms with Crippen LogP contribution < -0.4 is 10.6 Å². The van der Waals surface area contributed by atoms with E-state index < -0.39 is 6.03 Å². The van der Waals surface area contributed by atoms with Crippen molar-refractivity contribution in [1.82, 2.24) is 15.5 Å². The number of likely N-dealkylation sites (tertiary alicyclic amines) is 1. The van der Waals surface area contributed by atoms with Crippen LogP contribution in [0.3, 0.4) is 0 Å². The van der Waals surface area contributed by atoms with Gasteiger partial charge < -0.3 is 5.32 Å². The molecule has 2 rings (SSSR count). The molecule has 118 valence electrons. The van der Waals surface area contributed by atoms with Gasteiger partial charge in [-0.05, 0) is 31.4 Å². The zero-order chi connectivity index (χ0) is 15.8. The van der Waals surface area contributed by atoms with Gasteiger partial charge in [-0.1, -0.05) is 36.4 Å². The number of hydrogen-bond acceptors (Lipinski definition) is 3. The molecule has 0 aliphatic carbocycles. The second-order valence-corrected chi connectivity index (χ2v) is 5.50. The van der Waals surface area contributed by atoms with E-state index in [1.807, 2.05) is 18.2 Å². The molecule has 5 nitrogen and oxygen atoms in total. The second kappa shape index (κ2) is 8.34. The lowest BCUT2D eigenvalue weighted by atomic mass is 10.0. The number of imide groups is 1. The first-order chi connectivity index (χ1) is 10.7. The lowest BCUT2D eigenvalue weighted by Crippen LogP contribution is -2.46. The number of amides is 3. The molecule has 1 aromatic carbocycles. The average molecular weight is 301 g/mol. The Morgan fingerprint density at radius 1 is 1.32 bits per heavy atom. The molecular weight excluding hydrogens is 278 g/mol. The maximum absolute atomic E-state index is 11.9. The molecule has 0 saturated carbocycles. The minimum absolute atomic E-state index is 0.262. The molecule has 5 heteroatoms. The molecule has 1 atom stereocenters. The fourth-order valence-electron chi connectivity index (χ4n) is 2.78. The third-order valence-electron chi connectivity index (χ3n) is 3.82. The third kappa shape index (κ3) is 5.00. The Balaban J connectivity index is 1.82. The van der Waals surface area contributed by atoms with Crippen LogP contribution in [0.2, 0.25) is 0 Å². The fourth-order valence-corrected chi connectivity index (χ4v) is 2.78. The zero-order valence-electron chi connectivity index (χ0n) is 12.8. The Morgan fingerprint density at radius 3 is 2.82 bits per heavy atom. The van der Waals surface area contributed by atoms with Crippen molar-refractivity contribution < 1.29 is 9.59 Å². The van der Waals surface area contributed by atoms with E-state index in [0.29, 0.717) is 12.6 Å². The van der Waals surface area contributed by atoms with Crippen LogP contribution in [0.1, 0.15) is 18.4 Å². The molecule has 1 heterocycles. The fraction of sp³-hybridized carbons (Fsp3) is 0.412. The van der Waals surface area contributed by atoms with Gasteiger partial charge in [-0.25, -0.2) is 4.79 Å². The van der Waals surface area contributed by atoms with Crippen LogP contribution in [0, 0.1) is 0 Å². The maximum atomic E-state index is 11.9. The Labute approximate surface area is 131 Å². The van der Waals surface area contributed by atoms with Gasteiger partial charge in [0.1, 0.15) is 0 Å². The van der Waals surface area contributed by atoms with E-state index in [1.165, 1.54) is 5.56 Å². The molecule has 0 radical (unpaired) electrons. The van der Waals surface area contributed by atoms with Crippen LogP contribution in [0.15, 0.2) is 43.0 Å². The molecule has 0 bridgehead atoms. The van der Waals surface area contributed by atoms with Crippen molar-refractivity contribution in [2.75, 3.05) is 19.6 Å². The van der Waals surface area contributed by atoms with Crippen molar-refractivity contribution in [3.63, 3.8) is 0 Å². The van der Waals surface area contributed by atoms with Crippen LogP contribution in [0.5, 0.6) is 0 Å². The summed E-state index contributed by atoms with van der Waals surface area (Å²) in [5.41, 5.74) is 1.28. The first-order valence-corrected chi connectivity index (χ1v) is 7.65. The maximum Gasteiger partial charge on any atom is 0.321 e. The molecule has 1 fully saturated rings. The van der Waals surface area contributed by atoms with E-state index in [0.717, 1.165) is 25.8 Å². The minimum Gasteiger partial charge on any atom is -0.334 e. The predicted octanol–water partition coefficient (Wildman–Crippen LogP) is 1.71. The van der Waals surface area contributed by atoms with E-state index in [4.69, 9.17) is 0 Å². The molecule has 0 spiro atoms. The van der Waals surface area contributed by atoms with Gasteiger partial charge in [0.05, 0.1) is 6.54 Å². The smallest absolute Gasteiger partial charge is 0.321 e. The first-order valence-electron chi connectivity index (χ1n) is 7.65. The number of hydrogen-bond donors (Lipinski definition) is 2. The van der Waals surface area contributed by atoms with Crippen LogP contribution in [-0.2, 0) is 11.2 Å². The number of benzene rings is 1. The molecule has 0 aromatic heterocycles. The number of carbonyl (C=O) groups excluding carboxylic acids is 2. The number of urea groups is 1. The van der Waals surface area contributed by atoms with Crippen molar-refractivity contribution in [1.29, 1.82) is 0 Å². The van der Waals surface area contributed by atoms with Crippen molar-refractivity contribution in [3.8, 4) is 0 Å². The molecule has 3 amide bonds. The largest absolute Gasteiger partial charge is 0.334 e. The molecule has 1 saturated heterocycles. The van der Waals surface area contributed by atoms with Gasteiger partial charge in [0, 0.05) is 12.6 Å². The van der Waals surface area contributed by atoms with Crippen LogP contribution in [0.4, 0.5) is 4.79 Å². The summed E-state index contributed by atoms with van der Waals surface area (Å²) in [5.74, 6) is -0.262. The van der Waals surface area contributed by atoms with E-state index in [2.05, 4.69) is 34.2 Å². The highest BCUT2D eigenvalue weighted by atomic mass is 16.2. The summed E-state index contributed by atoms with van der Waals surface area (Å²) in [6, 6.07) is 10.2. The summed E-state index contributed by atoms with van der Waals surface area (Å²) in [7, 11) is 0. The summed E-state index contributed by atoms with van der Waals surface area (Å²) in [5, 5.41) is 4.88. The van der Waals surface area contributed by atoms with Crippen LogP contribution >= 0.6 is 0 Å².